The number of amides is 1. The fourth-order valence-corrected chi connectivity index (χ4v) is 3.19. The van der Waals surface area contributed by atoms with Crippen LogP contribution in [0.5, 0.6) is 5.88 Å². The van der Waals surface area contributed by atoms with Crippen LogP contribution in [0, 0.1) is 0 Å². The number of fused-ring (bicyclic) bond motifs is 1. The Morgan fingerprint density at radius 2 is 1.62 bits per heavy atom. The second-order valence-corrected chi connectivity index (χ2v) is 6.64. The topological polar surface area (TPSA) is 64.1 Å². The first-order valence-corrected chi connectivity index (χ1v) is 9.55. The molecule has 1 N–H and O–H groups in total. The third-order valence-corrected chi connectivity index (χ3v) is 4.61. The van der Waals surface area contributed by atoms with Gasteiger partial charge in [0.05, 0.1) is 18.7 Å². The summed E-state index contributed by atoms with van der Waals surface area (Å²) >= 11 is 0. The third kappa shape index (κ3) is 4.76. The number of carbonyl (C=O) groups excluding carboxylic acids is 1. The van der Waals surface area contributed by atoms with Gasteiger partial charge in [-0.3, -0.25) is 4.79 Å². The lowest BCUT2D eigenvalue weighted by molar-refractivity contribution is -0.120. The van der Waals surface area contributed by atoms with Crippen molar-refractivity contribution in [3.05, 3.63) is 90.5 Å². The molecule has 144 valence electrons. The number of carbonyl (C=O) groups is 1. The van der Waals surface area contributed by atoms with Crippen LogP contribution in [0.3, 0.4) is 0 Å². The van der Waals surface area contributed by atoms with Crippen molar-refractivity contribution in [2.75, 3.05) is 13.2 Å². The Bertz CT molecular complexity index is 1090. The smallest absolute Gasteiger partial charge is 0.233 e. The second-order valence-electron chi connectivity index (χ2n) is 6.64. The average molecular weight is 383 g/mol. The van der Waals surface area contributed by atoms with Crippen LogP contribution < -0.4 is 10.1 Å². The van der Waals surface area contributed by atoms with Gasteiger partial charge in [0.2, 0.25) is 11.8 Å². The number of ether oxygens (including phenoxy) is 1. The molecule has 1 amide bonds. The highest BCUT2D eigenvalue weighted by atomic mass is 16.5. The second kappa shape index (κ2) is 8.97. The quantitative estimate of drug-likeness (QED) is 0.489. The van der Waals surface area contributed by atoms with E-state index in [1.807, 2.05) is 66.7 Å². The number of hydrogen-bond acceptors (Lipinski definition) is 4. The molecule has 0 saturated carbocycles. The minimum Gasteiger partial charge on any atom is -0.475 e. The molecule has 0 radical (unpaired) electrons. The van der Waals surface area contributed by atoms with E-state index in [1.165, 1.54) is 0 Å². The molecular formula is C24H21N3O2. The van der Waals surface area contributed by atoms with E-state index in [4.69, 9.17) is 4.74 Å². The van der Waals surface area contributed by atoms with Gasteiger partial charge in [-0.1, -0.05) is 72.8 Å². The van der Waals surface area contributed by atoms with Gasteiger partial charge in [0, 0.05) is 11.6 Å². The van der Waals surface area contributed by atoms with Crippen LogP contribution in [0.1, 0.15) is 5.56 Å². The maximum absolute atomic E-state index is 12.3. The highest BCUT2D eigenvalue weighted by Crippen LogP contribution is 2.19. The zero-order valence-corrected chi connectivity index (χ0v) is 15.9. The molecular weight excluding hydrogens is 362 g/mol. The van der Waals surface area contributed by atoms with Gasteiger partial charge >= 0.3 is 0 Å². The summed E-state index contributed by atoms with van der Waals surface area (Å²) in [5.41, 5.74) is 2.82. The van der Waals surface area contributed by atoms with Crippen LogP contribution >= 0.6 is 0 Å². The van der Waals surface area contributed by atoms with Gasteiger partial charge in [-0.2, -0.15) is 0 Å². The van der Waals surface area contributed by atoms with Crippen LogP contribution in [0.2, 0.25) is 0 Å². The predicted octanol–water partition coefficient (Wildman–Crippen LogP) is 4.03. The zero-order valence-electron chi connectivity index (χ0n) is 15.9. The summed E-state index contributed by atoms with van der Waals surface area (Å²) in [5.74, 6) is 0.406. The maximum atomic E-state index is 12.3. The Morgan fingerprint density at radius 1 is 0.828 bits per heavy atom. The van der Waals surface area contributed by atoms with Crippen molar-refractivity contribution in [3.63, 3.8) is 0 Å². The summed E-state index contributed by atoms with van der Waals surface area (Å²) < 4.78 is 5.58. The monoisotopic (exact) mass is 383 g/mol. The Kier molecular flexibility index (Phi) is 5.76. The van der Waals surface area contributed by atoms with E-state index in [0.29, 0.717) is 25.5 Å². The van der Waals surface area contributed by atoms with E-state index in [0.717, 1.165) is 27.6 Å². The summed E-state index contributed by atoms with van der Waals surface area (Å²) in [5, 5.41) is 13.4. The first-order chi connectivity index (χ1) is 14.3. The largest absolute Gasteiger partial charge is 0.475 e. The molecule has 0 aliphatic carbocycles. The number of benzene rings is 3. The Morgan fingerprint density at radius 3 is 2.45 bits per heavy atom. The molecule has 0 spiro atoms. The van der Waals surface area contributed by atoms with Gasteiger partial charge in [0.1, 0.15) is 6.61 Å². The normalized spacial score (nSPS) is 10.6. The fraction of sp³-hybridized carbons (Fsp3) is 0.125. The lowest BCUT2D eigenvalue weighted by atomic mass is 10.0. The van der Waals surface area contributed by atoms with Gasteiger partial charge < -0.3 is 10.1 Å². The van der Waals surface area contributed by atoms with E-state index < -0.39 is 0 Å². The highest BCUT2D eigenvalue weighted by molar-refractivity contribution is 5.90. The van der Waals surface area contributed by atoms with Gasteiger partial charge in [-0.15, -0.1) is 10.2 Å². The number of aromatic nitrogens is 2. The average Bonchev–Trinajstić information content (AvgIpc) is 2.78. The van der Waals surface area contributed by atoms with Crippen molar-refractivity contribution in [2.45, 2.75) is 6.42 Å². The number of hydrogen-bond donors (Lipinski definition) is 1. The first kappa shape index (κ1) is 18.6. The van der Waals surface area contributed by atoms with Crippen LogP contribution in [0.25, 0.3) is 22.0 Å². The van der Waals surface area contributed by atoms with Crippen LogP contribution in [-0.2, 0) is 11.2 Å². The van der Waals surface area contributed by atoms with Gasteiger partial charge in [0.25, 0.3) is 0 Å². The zero-order chi connectivity index (χ0) is 19.9. The van der Waals surface area contributed by atoms with Crippen molar-refractivity contribution in [1.29, 1.82) is 0 Å². The molecule has 29 heavy (non-hydrogen) atoms. The Hall–Kier alpha value is -3.73. The van der Waals surface area contributed by atoms with E-state index in [-0.39, 0.29) is 5.91 Å². The SMILES string of the molecule is O=C(Cc1cccc2ccccc12)NCCOc1ccc(-c2ccccc2)nn1. The number of rotatable bonds is 7. The summed E-state index contributed by atoms with van der Waals surface area (Å²) in [6, 6.07) is 27.6. The van der Waals surface area contributed by atoms with E-state index in [2.05, 4.69) is 27.6 Å². The van der Waals surface area contributed by atoms with Crippen molar-refractivity contribution in [1.82, 2.24) is 15.5 Å². The third-order valence-electron chi connectivity index (χ3n) is 4.61. The van der Waals surface area contributed by atoms with E-state index >= 15 is 0 Å². The van der Waals surface area contributed by atoms with Crippen LogP contribution in [0.15, 0.2) is 84.9 Å². The summed E-state index contributed by atoms with van der Waals surface area (Å²) in [4.78, 5) is 12.3. The van der Waals surface area contributed by atoms with Crippen molar-refractivity contribution in [3.8, 4) is 17.1 Å². The molecule has 0 fully saturated rings. The molecule has 5 nitrogen and oxygen atoms in total. The molecule has 1 heterocycles. The number of nitrogens with zero attached hydrogens (tertiary/aromatic N) is 2. The van der Waals surface area contributed by atoms with Crippen molar-refractivity contribution >= 4 is 16.7 Å². The molecule has 0 bridgehead atoms. The predicted molar refractivity (Wildman–Crippen MR) is 114 cm³/mol. The summed E-state index contributed by atoms with van der Waals surface area (Å²) in [6.07, 6.45) is 0.340. The van der Waals surface area contributed by atoms with Crippen LogP contribution in [-0.4, -0.2) is 29.3 Å². The van der Waals surface area contributed by atoms with E-state index in [9.17, 15) is 4.79 Å². The molecule has 4 rings (SSSR count). The van der Waals surface area contributed by atoms with Gasteiger partial charge in [0.15, 0.2) is 0 Å². The van der Waals surface area contributed by atoms with Gasteiger partial charge in [-0.25, -0.2) is 0 Å². The molecule has 1 aromatic heterocycles. The molecule has 5 heteroatoms. The molecule has 3 aromatic carbocycles. The molecule has 0 saturated heterocycles. The first-order valence-electron chi connectivity index (χ1n) is 9.55. The van der Waals surface area contributed by atoms with Gasteiger partial charge in [-0.05, 0) is 22.4 Å². The molecule has 0 aliphatic rings. The Labute approximate surface area is 169 Å². The lowest BCUT2D eigenvalue weighted by Gasteiger charge is -2.09. The van der Waals surface area contributed by atoms with Crippen molar-refractivity contribution < 1.29 is 9.53 Å². The highest BCUT2D eigenvalue weighted by Gasteiger charge is 2.07. The number of nitrogens with one attached hydrogen (secondary N) is 1. The fourth-order valence-electron chi connectivity index (χ4n) is 3.19. The molecule has 4 aromatic rings. The Balaban J connectivity index is 1.25. The molecule has 0 unspecified atom stereocenters. The molecule has 0 atom stereocenters. The summed E-state index contributed by atoms with van der Waals surface area (Å²) in [7, 11) is 0. The summed E-state index contributed by atoms with van der Waals surface area (Å²) in [6.45, 7) is 0.742. The van der Waals surface area contributed by atoms with Crippen molar-refractivity contribution in [2.24, 2.45) is 0 Å². The minimum atomic E-state index is -0.0320. The standard InChI is InChI=1S/C24H21N3O2/c28-23(17-20-11-6-10-18-7-4-5-12-21(18)20)25-15-16-29-24-14-13-22(26-27-24)19-8-2-1-3-9-19/h1-14H,15-17H2,(H,25,28). The lowest BCUT2D eigenvalue weighted by Crippen LogP contribution is -2.29. The van der Waals surface area contributed by atoms with E-state index in [1.54, 1.807) is 6.07 Å². The van der Waals surface area contributed by atoms with Crippen LogP contribution in [0.4, 0.5) is 0 Å². The minimum absolute atomic E-state index is 0.0320. The maximum Gasteiger partial charge on any atom is 0.233 e. The molecule has 0 aliphatic heterocycles.